The van der Waals surface area contributed by atoms with Crippen LogP contribution in [-0.4, -0.2) is 12.4 Å². The molecule has 0 amide bonds. The van der Waals surface area contributed by atoms with E-state index in [1.807, 2.05) is 37.3 Å². The number of rotatable bonds is 5. The van der Waals surface area contributed by atoms with Crippen molar-refractivity contribution in [3.63, 3.8) is 0 Å². The zero-order valence-electron chi connectivity index (χ0n) is 19.2. The zero-order valence-corrected chi connectivity index (χ0v) is 20.0. The van der Waals surface area contributed by atoms with Crippen LogP contribution in [-0.2, 0) is 29.3 Å². The zero-order chi connectivity index (χ0) is 23.0. The van der Waals surface area contributed by atoms with E-state index in [2.05, 4.69) is 43.3 Å². The van der Waals surface area contributed by atoms with Gasteiger partial charge in [0.1, 0.15) is 0 Å². The van der Waals surface area contributed by atoms with Gasteiger partial charge in [-0.25, -0.2) is 12.4 Å². The number of hydrogen-bond donors (Lipinski definition) is 0. The van der Waals surface area contributed by atoms with Gasteiger partial charge in [-0.05, 0) is 73.9 Å². The molecule has 0 aliphatic heterocycles. The first kappa shape index (κ1) is 21.7. The maximum absolute atomic E-state index is 14.2. The summed E-state index contributed by atoms with van der Waals surface area (Å²) < 4.78 is 30.1. The molecule has 0 saturated heterocycles. The average Bonchev–Trinajstić information content (AvgIpc) is 3.15. The molecule has 1 aliphatic rings. The SMILES string of the molecule is Cc1ccc(-c2c3c(c(Cc4ccccc4)n2S(=O)(=O)c2ccc(C)cc2)CCCC3)cc1. The second-order valence-electron chi connectivity index (χ2n) is 9.07. The Bertz CT molecular complexity index is 1380. The average molecular weight is 456 g/mol. The van der Waals surface area contributed by atoms with Crippen molar-refractivity contribution in [2.45, 2.75) is 50.8 Å². The van der Waals surface area contributed by atoms with Crippen molar-refractivity contribution in [1.82, 2.24) is 3.97 Å². The Morgan fingerprint density at radius 1 is 0.727 bits per heavy atom. The predicted molar refractivity (Wildman–Crippen MR) is 134 cm³/mol. The minimum absolute atomic E-state index is 0.336. The minimum Gasteiger partial charge on any atom is -0.237 e. The summed E-state index contributed by atoms with van der Waals surface area (Å²) in [6, 6.07) is 25.7. The Morgan fingerprint density at radius 3 is 1.94 bits per heavy atom. The van der Waals surface area contributed by atoms with Crippen LogP contribution in [0.5, 0.6) is 0 Å². The Hall–Kier alpha value is -3.11. The molecule has 0 radical (unpaired) electrons. The molecular formula is C29H29NO2S. The molecule has 1 aliphatic carbocycles. The van der Waals surface area contributed by atoms with Gasteiger partial charge in [-0.2, -0.15) is 0 Å². The minimum atomic E-state index is -3.77. The third kappa shape index (κ3) is 4.04. The molecule has 4 aromatic rings. The summed E-state index contributed by atoms with van der Waals surface area (Å²) >= 11 is 0. The molecule has 1 heterocycles. The molecule has 5 rings (SSSR count). The van der Waals surface area contributed by atoms with Gasteiger partial charge < -0.3 is 0 Å². The van der Waals surface area contributed by atoms with Crippen LogP contribution < -0.4 is 0 Å². The van der Waals surface area contributed by atoms with E-state index in [0.29, 0.717) is 11.3 Å². The molecule has 33 heavy (non-hydrogen) atoms. The van der Waals surface area contributed by atoms with Gasteiger partial charge in [0.05, 0.1) is 10.6 Å². The van der Waals surface area contributed by atoms with Crippen LogP contribution in [0.3, 0.4) is 0 Å². The summed E-state index contributed by atoms with van der Waals surface area (Å²) in [6.45, 7) is 4.03. The standard InChI is InChI=1S/C29H29NO2S/c1-21-12-16-24(17-13-21)29-27-11-7-6-10-26(27)28(20-23-8-4-3-5-9-23)30(29)33(31,32)25-18-14-22(2)15-19-25/h3-5,8-9,12-19H,6-7,10-11,20H2,1-2H3. The summed E-state index contributed by atoms with van der Waals surface area (Å²) in [5, 5.41) is 0. The van der Waals surface area contributed by atoms with Crippen LogP contribution in [0, 0.1) is 13.8 Å². The van der Waals surface area contributed by atoms with Crippen LogP contribution in [0.1, 0.15) is 46.4 Å². The second-order valence-corrected chi connectivity index (χ2v) is 10.9. The monoisotopic (exact) mass is 455 g/mol. The Labute approximate surface area is 196 Å². The van der Waals surface area contributed by atoms with E-state index in [-0.39, 0.29) is 0 Å². The van der Waals surface area contributed by atoms with Gasteiger partial charge in [0.25, 0.3) is 10.0 Å². The summed E-state index contributed by atoms with van der Waals surface area (Å²) in [7, 11) is -3.77. The molecule has 4 heteroatoms. The molecule has 0 fully saturated rings. The van der Waals surface area contributed by atoms with Crippen LogP contribution in [0.25, 0.3) is 11.3 Å². The first-order chi connectivity index (χ1) is 15.9. The maximum Gasteiger partial charge on any atom is 0.268 e. The van der Waals surface area contributed by atoms with Crippen molar-refractivity contribution < 1.29 is 8.42 Å². The van der Waals surface area contributed by atoms with Crippen molar-refractivity contribution in [2.75, 3.05) is 0 Å². The first-order valence-corrected chi connectivity index (χ1v) is 13.1. The van der Waals surface area contributed by atoms with E-state index >= 15 is 0 Å². The van der Waals surface area contributed by atoms with Crippen LogP contribution in [0.15, 0.2) is 83.8 Å². The lowest BCUT2D eigenvalue weighted by atomic mass is 9.89. The van der Waals surface area contributed by atoms with Crippen molar-refractivity contribution in [3.05, 3.63) is 112 Å². The van der Waals surface area contributed by atoms with Gasteiger partial charge in [-0.1, -0.05) is 77.9 Å². The van der Waals surface area contributed by atoms with Gasteiger partial charge in [0.15, 0.2) is 0 Å². The summed E-state index contributed by atoms with van der Waals surface area (Å²) in [4.78, 5) is 0.336. The quantitative estimate of drug-likeness (QED) is 0.345. The van der Waals surface area contributed by atoms with Crippen molar-refractivity contribution in [2.24, 2.45) is 0 Å². The van der Waals surface area contributed by atoms with E-state index in [1.165, 1.54) is 11.1 Å². The topological polar surface area (TPSA) is 39.1 Å². The van der Waals surface area contributed by atoms with Gasteiger partial charge in [-0.15, -0.1) is 0 Å². The van der Waals surface area contributed by atoms with Crippen LogP contribution in [0.4, 0.5) is 0 Å². The Morgan fingerprint density at radius 2 is 1.30 bits per heavy atom. The van der Waals surface area contributed by atoms with E-state index < -0.39 is 10.0 Å². The van der Waals surface area contributed by atoms with Crippen LogP contribution >= 0.6 is 0 Å². The lowest BCUT2D eigenvalue weighted by molar-refractivity contribution is 0.586. The van der Waals surface area contributed by atoms with E-state index in [9.17, 15) is 8.42 Å². The fourth-order valence-corrected chi connectivity index (χ4v) is 6.53. The summed E-state index contributed by atoms with van der Waals surface area (Å²) in [5.74, 6) is 0. The second kappa shape index (κ2) is 8.68. The molecule has 0 unspecified atom stereocenters. The number of hydrogen-bond acceptors (Lipinski definition) is 2. The third-order valence-electron chi connectivity index (χ3n) is 6.65. The third-order valence-corrected chi connectivity index (χ3v) is 8.40. The number of nitrogens with zero attached hydrogens (tertiary/aromatic N) is 1. The Balaban J connectivity index is 1.81. The largest absolute Gasteiger partial charge is 0.268 e. The molecule has 3 nitrogen and oxygen atoms in total. The van der Waals surface area contributed by atoms with E-state index in [0.717, 1.165) is 59.3 Å². The van der Waals surface area contributed by atoms with Gasteiger partial charge in [-0.3, -0.25) is 0 Å². The molecule has 3 aromatic carbocycles. The van der Waals surface area contributed by atoms with Gasteiger partial charge >= 0.3 is 0 Å². The maximum atomic E-state index is 14.2. The van der Waals surface area contributed by atoms with Gasteiger partial charge in [0.2, 0.25) is 0 Å². The van der Waals surface area contributed by atoms with Gasteiger partial charge in [0, 0.05) is 12.1 Å². The fraction of sp³-hybridized carbons (Fsp3) is 0.241. The first-order valence-electron chi connectivity index (χ1n) is 11.6. The highest BCUT2D eigenvalue weighted by molar-refractivity contribution is 7.90. The van der Waals surface area contributed by atoms with Crippen molar-refractivity contribution >= 4 is 10.0 Å². The summed E-state index contributed by atoms with van der Waals surface area (Å²) in [6.07, 6.45) is 4.62. The molecular weight excluding hydrogens is 426 g/mol. The number of fused-ring (bicyclic) bond motifs is 1. The summed E-state index contributed by atoms with van der Waals surface area (Å²) in [5.41, 5.74) is 8.47. The van der Waals surface area contributed by atoms with Crippen molar-refractivity contribution in [1.29, 1.82) is 0 Å². The smallest absolute Gasteiger partial charge is 0.237 e. The molecule has 0 bridgehead atoms. The molecule has 0 N–H and O–H groups in total. The van der Waals surface area contributed by atoms with Crippen molar-refractivity contribution in [3.8, 4) is 11.3 Å². The molecule has 0 saturated carbocycles. The number of aromatic nitrogens is 1. The molecule has 0 atom stereocenters. The number of benzene rings is 3. The Kier molecular flexibility index (Phi) is 5.71. The molecule has 1 aromatic heterocycles. The highest BCUT2D eigenvalue weighted by Crippen LogP contribution is 2.40. The number of aryl methyl sites for hydroxylation is 2. The lowest BCUT2D eigenvalue weighted by Crippen LogP contribution is -2.18. The highest BCUT2D eigenvalue weighted by atomic mass is 32.2. The lowest BCUT2D eigenvalue weighted by Gasteiger charge is -2.16. The predicted octanol–water partition coefficient (Wildman–Crippen LogP) is 6.48. The molecule has 168 valence electrons. The fourth-order valence-electron chi connectivity index (χ4n) is 4.92. The van der Waals surface area contributed by atoms with E-state index in [4.69, 9.17) is 0 Å². The normalized spacial score (nSPS) is 13.6. The van der Waals surface area contributed by atoms with Crippen LogP contribution in [0.2, 0.25) is 0 Å². The highest BCUT2D eigenvalue weighted by Gasteiger charge is 2.32. The van der Waals surface area contributed by atoms with E-state index in [1.54, 1.807) is 16.1 Å². The molecule has 0 spiro atoms.